The Morgan fingerprint density at radius 1 is 1.38 bits per heavy atom. The number of pyridine rings is 1. The van der Waals surface area contributed by atoms with E-state index in [-0.39, 0.29) is 5.54 Å². The van der Waals surface area contributed by atoms with Gasteiger partial charge in [0.2, 0.25) is 0 Å². The van der Waals surface area contributed by atoms with Gasteiger partial charge in [-0.25, -0.2) is 4.98 Å². The van der Waals surface area contributed by atoms with Gasteiger partial charge in [0.05, 0.1) is 11.2 Å². The van der Waals surface area contributed by atoms with E-state index in [1.54, 1.807) is 0 Å². The summed E-state index contributed by atoms with van der Waals surface area (Å²) in [7, 11) is 0. The van der Waals surface area contributed by atoms with E-state index in [1.807, 2.05) is 35.0 Å². The summed E-state index contributed by atoms with van der Waals surface area (Å²) in [5, 5.41) is 0. The Morgan fingerprint density at radius 2 is 2.23 bits per heavy atom. The van der Waals surface area contributed by atoms with E-state index in [0.29, 0.717) is 0 Å². The molecule has 0 spiro atoms. The number of hydrogen-bond acceptors (Lipinski definition) is 2. The molecule has 0 saturated heterocycles. The van der Waals surface area contributed by atoms with Gasteiger partial charge in [-0.15, -0.1) is 0 Å². The van der Waals surface area contributed by atoms with E-state index in [2.05, 4.69) is 4.98 Å². The predicted octanol–water partition coefficient (Wildman–Crippen LogP) is 1.28. The number of rotatable bonds is 1. The minimum absolute atomic E-state index is 0.119. The quantitative estimate of drug-likeness (QED) is 0.706. The van der Waals surface area contributed by atoms with Crippen molar-refractivity contribution >= 4 is 5.65 Å². The Bertz CT molecular complexity index is 421. The smallest absolute Gasteiger partial charge is 0.137 e. The predicted molar refractivity (Wildman–Crippen MR) is 50.3 cm³/mol. The lowest BCUT2D eigenvalue weighted by molar-refractivity contribution is 0.715. The maximum Gasteiger partial charge on any atom is 0.137 e. The molecule has 0 unspecified atom stereocenters. The zero-order valence-corrected chi connectivity index (χ0v) is 7.27. The van der Waals surface area contributed by atoms with Gasteiger partial charge in [0.1, 0.15) is 5.65 Å². The molecule has 0 bridgehead atoms. The van der Waals surface area contributed by atoms with Crippen molar-refractivity contribution < 1.29 is 0 Å². The summed E-state index contributed by atoms with van der Waals surface area (Å²) in [6, 6.07) is 5.98. The van der Waals surface area contributed by atoms with Crippen molar-refractivity contribution in [2.75, 3.05) is 0 Å². The minimum Gasteiger partial charge on any atom is -0.320 e. The molecule has 1 aliphatic rings. The molecular weight excluding hydrogens is 162 g/mol. The van der Waals surface area contributed by atoms with Crippen LogP contribution in [-0.4, -0.2) is 9.38 Å². The molecule has 0 amide bonds. The highest BCUT2D eigenvalue weighted by molar-refractivity contribution is 5.41. The van der Waals surface area contributed by atoms with Gasteiger partial charge in [0.15, 0.2) is 0 Å². The van der Waals surface area contributed by atoms with E-state index in [4.69, 9.17) is 5.73 Å². The number of fused-ring (bicyclic) bond motifs is 1. The van der Waals surface area contributed by atoms with Crippen molar-refractivity contribution in [2.45, 2.75) is 18.4 Å². The van der Waals surface area contributed by atoms with Crippen LogP contribution in [0.3, 0.4) is 0 Å². The summed E-state index contributed by atoms with van der Waals surface area (Å²) in [6.07, 6.45) is 6.16. The standard InChI is InChI=1S/C10H11N3/c11-10(4-5-10)8-7-13-6-2-1-3-9(13)12-8/h1-3,6-7H,4-5,11H2. The number of hydrogen-bond donors (Lipinski definition) is 1. The number of nitrogens with two attached hydrogens (primary N) is 1. The van der Waals surface area contributed by atoms with Crippen molar-refractivity contribution in [2.24, 2.45) is 5.73 Å². The Balaban J connectivity index is 2.22. The SMILES string of the molecule is NC1(c2cn3ccccc3n2)CC1. The van der Waals surface area contributed by atoms with Crippen LogP contribution in [0.25, 0.3) is 5.65 Å². The second kappa shape index (κ2) is 2.12. The van der Waals surface area contributed by atoms with Crippen LogP contribution in [0.1, 0.15) is 18.5 Å². The van der Waals surface area contributed by atoms with Crippen molar-refractivity contribution in [1.29, 1.82) is 0 Å². The normalized spacial score (nSPS) is 19.2. The molecule has 2 N–H and O–H groups in total. The first kappa shape index (κ1) is 7.09. The van der Waals surface area contributed by atoms with Gasteiger partial charge in [-0.2, -0.15) is 0 Å². The highest BCUT2D eigenvalue weighted by atomic mass is 15.0. The lowest BCUT2D eigenvalue weighted by atomic mass is 10.2. The molecule has 1 saturated carbocycles. The van der Waals surface area contributed by atoms with Crippen LogP contribution in [0.4, 0.5) is 0 Å². The Labute approximate surface area is 76.2 Å². The molecule has 0 aliphatic heterocycles. The highest BCUT2D eigenvalue weighted by Gasteiger charge is 2.42. The Kier molecular flexibility index (Phi) is 1.15. The lowest BCUT2D eigenvalue weighted by Crippen LogP contribution is -2.18. The van der Waals surface area contributed by atoms with Gasteiger partial charge in [0, 0.05) is 12.4 Å². The average molecular weight is 173 g/mol. The molecule has 2 aromatic rings. The average Bonchev–Trinajstić information content (AvgIpc) is 2.76. The summed E-state index contributed by atoms with van der Waals surface area (Å²) in [4.78, 5) is 4.48. The monoisotopic (exact) mass is 173 g/mol. The summed E-state index contributed by atoms with van der Waals surface area (Å²) in [5.74, 6) is 0. The molecule has 2 heterocycles. The van der Waals surface area contributed by atoms with Gasteiger partial charge in [-0.3, -0.25) is 0 Å². The van der Waals surface area contributed by atoms with Crippen LogP contribution >= 0.6 is 0 Å². The van der Waals surface area contributed by atoms with Crippen LogP contribution in [-0.2, 0) is 5.54 Å². The molecule has 2 aromatic heterocycles. The van der Waals surface area contributed by atoms with Crippen molar-refractivity contribution in [3.05, 3.63) is 36.3 Å². The number of imidazole rings is 1. The summed E-state index contributed by atoms with van der Waals surface area (Å²) < 4.78 is 2.02. The summed E-state index contributed by atoms with van der Waals surface area (Å²) in [5.41, 5.74) is 7.94. The van der Waals surface area contributed by atoms with Gasteiger partial charge in [0.25, 0.3) is 0 Å². The van der Waals surface area contributed by atoms with Crippen molar-refractivity contribution in [3.8, 4) is 0 Å². The van der Waals surface area contributed by atoms with E-state index in [0.717, 1.165) is 24.2 Å². The first-order valence-electron chi connectivity index (χ1n) is 4.51. The molecule has 0 radical (unpaired) electrons. The third kappa shape index (κ3) is 0.971. The third-order valence-electron chi connectivity index (χ3n) is 2.66. The van der Waals surface area contributed by atoms with E-state index >= 15 is 0 Å². The second-order valence-corrected chi connectivity index (χ2v) is 3.75. The maximum atomic E-state index is 6.06. The lowest BCUT2D eigenvalue weighted by Gasteiger charge is -2.00. The van der Waals surface area contributed by atoms with Gasteiger partial charge >= 0.3 is 0 Å². The zero-order valence-electron chi connectivity index (χ0n) is 7.27. The Morgan fingerprint density at radius 3 is 2.92 bits per heavy atom. The third-order valence-corrected chi connectivity index (χ3v) is 2.66. The summed E-state index contributed by atoms with van der Waals surface area (Å²) >= 11 is 0. The first-order valence-corrected chi connectivity index (χ1v) is 4.51. The van der Waals surface area contributed by atoms with Crippen LogP contribution < -0.4 is 5.73 Å². The van der Waals surface area contributed by atoms with Crippen LogP contribution in [0.15, 0.2) is 30.6 Å². The number of nitrogens with zero attached hydrogens (tertiary/aromatic N) is 2. The van der Waals surface area contributed by atoms with Crippen molar-refractivity contribution in [1.82, 2.24) is 9.38 Å². The largest absolute Gasteiger partial charge is 0.320 e. The van der Waals surface area contributed by atoms with Gasteiger partial charge < -0.3 is 10.1 Å². The number of aromatic nitrogens is 2. The molecule has 0 aromatic carbocycles. The summed E-state index contributed by atoms with van der Waals surface area (Å²) in [6.45, 7) is 0. The minimum atomic E-state index is -0.119. The molecule has 0 atom stereocenters. The van der Waals surface area contributed by atoms with Crippen LogP contribution in [0, 0.1) is 0 Å². The second-order valence-electron chi connectivity index (χ2n) is 3.75. The van der Waals surface area contributed by atoms with Crippen LogP contribution in [0.2, 0.25) is 0 Å². The molecule has 66 valence electrons. The fourth-order valence-corrected chi connectivity index (χ4v) is 1.57. The van der Waals surface area contributed by atoms with Crippen LogP contribution in [0.5, 0.6) is 0 Å². The molecule has 3 heteroatoms. The van der Waals surface area contributed by atoms with E-state index in [1.165, 1.54) is 0 Å². The van der Waals surface area contributed by atoms with E-state index < -0.39 is 0 Å². The molecular formula is C10H11N3. The molecule has 13 heavy (non-hydrogen) atoms. The molecule has 3 nitrogen and oxygen atoms in total. The van der Waals surface area contributed by atoms with E-state index in [9.17, 15) is 0 Å². The van der Waals surface area contributed by atoms with Gasteiger partial charge in [-0.05, 0) is 25.0 Å². The fraction of sp³-hybridized carbons (Fsp3) is 0.300. The topological polar surface area (TPSA) is 43.3 Å². The fourth-order valence-electron chi connectivity index (χ4n) is 1.57. The molecule has 1 fully saturated rings. The van der Waals surface area contributed by atoms with Gasteiger partial charge in [-0.1, -0.05) is 6.07 Å². The maximum absolute atomic E-state index is 6.06. The highest BCUT2D eigenvalue weighted by Crippen LogP contribution is 2.41. The molecule has 3 rings (SSSR count). The van der Waals surface area contributed by atoms with Crippen molar-refractivity contribution in [3.63, 3.8) is 0 Å². The Hall–Kier alpha value is -1.35. The zero-order chi connectivity index (χ0) is 8.89. The first-order chi connectivity index (χ1) is 6.28. The molecule has 1 aliphatic carbocycles.